The molecule has 0 aromatic heterocycles. The Labute approximate surface area is 154 Å². The van der Waals surface area contributed by atoms with Gasteiger partial charge in [0.25, 0.3) is 0 Å². The summed E-state index contributed by atoms with van der Waals surface area (Å²) in [5.41, 5.74) is 3.42. The summed E-state index contributed by atoms with van der Waals surface area (Å²) in [4.78, 5) is 14.3. The number of fused-ring (bicyclic) bond motifs is 2. The Morgan fingerprint density at radius 2 is 1.77 bits per heavy atom. The summed E-state index contributed by atoms with van der Waals surface area (Å²) in [6, 6.07) is 18.2. The van der Waals surface area contributed by atoms with Crippen LogP contribution in [0.1, 0.15) is 29.5 Å². The second-order valence-corrected chi connectivity index (χ2v) is 7.39. The quantitative estimate of drug-likeness (QED) is 0.921. The number of nitrogens with zero attached hydrogens (tertiary/aromatic N) is 1. The lowest BCUT2D eigenvalue weighted by molar-refractivity contribution is -0.138. The number of carbonyl (C=O) groups is 1. The lowest BCUT2D eigenvalue weighted by Gasteiger charge is -2.42. The van der Waals surface area contributed by atoms with E-state index in [0.717, 1.165) is 24.8 Å². The van der Waals surface area contributed by atoms with Crippen molar-refractivity contribution in [3.63, 3.8) is 0 Å². The van der Waals surface area contributed by atoms with Gasteiger partial charge in [0.2, 0.25) is 5.91 Å². The number of carbonyl (C=O) groups excluding carboxylic acids is 1. The lowest BCUT2D eigenvalue weighted by atomic mass is 9.72. The minimum Gasteiger partial charge on any atom is -0.392 e. The van der Waals surface area contributed by atoms with Gasteiger partial charge in [-0.15, -0.1) is 0 Å². The van der Waals surface area contributed by atoms with Crippen LogP contribution in [-0.4, -0.2) is 41.7 Å². The number of likely N-dealkylation sites (tertiary alicyclic amines) is 1. The Bertz CT molecular complexity index is 766. The molecule has 2 aliphatic rings. The third-order valence-electron chi connectivity index (χ3n) is 5.95. The molecule has 1 fully saturated rings. The minimum absolute atomic E-state index is 0.0385. The third-order valence-corrected chi connectivity index (χ3v) is 5.95. The summed E-state index contributed by atoms with van der Waals surface area (Å²) in [5.74, 6) is 0.0385. The smallest absolute Gasteiger partial charge is 0.248 e. The second kappa shape index (κ2) is 7.22. The fourth-order valence-corrected chi connectivity index (χ4v) is 4.45. The number of piperidine rings is 1. The van der Waals surface area contributed by atoms with E-state index in [2.05, 4.69) is 12.1 Å². The fourth-order valence-electron chi connectivity index (χ4n) is 4.45. The Morgan fingerprint density at radius 3 is 2.54 bits per heavy atom. The van der Waals surface area contributed by atoms with Crippen LogP contribution in [0.3, 0.4) is 0 Å². The van der Waals surface area contributed by atoms with Gasteiger partial charge in [-0.1, -0.05) is 54.6 Å². The highest BCUT2D eigenvalue weighted by atomic mass is 16.5. The molecule has 4 rings (SSSR count). The summed E-state index contributed by atoms with van der Waals surface area (Å²) in [6.07, 6.45) is 2.02. The summed E-state index contributed by atoms with van der Waals surface area (Å²) in [7, 11) is 0. The van der Waals surface area contributed by atoms with Crippen LogP contribution < -0.4 is 0 Å². The van der Waals surface area contributed by atoms with Gasteiger partial charge in [0.1, 0.15) is 6.61 Å². The Kier molecular flexibility index (Phi) is 4.79. The van der Waals surface area contributed by atoms with Crippen molar-refractivity contribution in [2.45, 2.75) is 37.4 Å². The first-order chi connectivity index (χ1) is 12.7. The fraction of sp³-hybridized carbons (Fsp3) is 0.409. The highest BCUT2D eigenvalue weighted by Crippen LogP contribution is 2.46. The SMILES string of the molecule is O=C(COCc1ccccc1)N1CCC2(CC1)c1ccccc1C[C@H]2O. The van der Waals surface area contributed by atoms with Crippen LogP contribution in [0.15, 0.2) is 54.6 Å². The van der Waals surface area contributed by atoms with E-state index in [9.17, 15) is 9.90 Å². The van der Waals surface area contributed by atoms with Crippen molar-refractivity contribution >= 4 is 5.91 Å². The van der Waals surface area contributed by atoms with E-state index in [0.29, 0.717) is 19.7 Å². The number of amides is 1. The number of hydrogen-bond acceptors (Lipinski definition) is 3. The maximum Gasteiger partial charge on any atom is 0.248 e. The molecule has 0 saturated carbocycles. The van der Waals surface area contributed by atoms with E-state index in [1.165, 1.54) is 11.1 Å². The third kappa shape index (κ3) is 3.15. The zero-order valence-electron chi connectivity index (χ0n) is 14.9. The van der Waals surface area contributed by atoms with Crippen molar-refractivity contribution in [3.8, 4) is 0 Å². The van der Waals surface area contributed by atoms with E-state index in [-0.39, 0.29) is 24.0 Å². The number of hydrogen-bond donors (Lipinski definition) is 1. The molecule has 1 saturated heterocycles. The first-order valence-corrected chi connectivity index (χ1v) is 9.35. The summed E-state index contributed by atoms with van der Waals surface area (Å²) >= 11 is 0. The van der Waals surface area contributed by atoms with Crippen molar-refractivity contribution in [3.05, 3.63) is 71.3 Å². The van der Waals surface area contributed by atoms with Gasteiger partial charge in [-0.25, -0.2) is 0 Å². The molecule has 1 N–H and O–H groups in total. The van der Waals surface area contributed by atoms with E-state index >= 15 is 0 Å². The number of aliphatic hydroxyl groups is 1. The molecule has 1 aliphatic carbocycles. The maximum atomic E-state index is 12.5. The van der Waals surface area contributed by atoms with E-state index in [1.807, 2.05) is 47.4 Å². The molecule has 1 aliphatic heterocycles. The van der Waals surface area contributed by atoms with E-state index in [1.54, 1.807) is 0 Å². The molecule has 0 unspecified atom stereocenters. The van der Waals surface area contributed by atoms with Crippen molar-refractivity contribution in [1.29, 1.82) is 0 Å². The summed E-state index contributed by atoms with van der Waals surface area (Å²) in [6.45, 7) is 1.93. The molecule has 1 amide bonds. The topological polar surface area (TPSA) is 49.8 Å². The number of benzene rings is 2. The molecule has 1 atom stereocenters. The predicted octanol–water partition coefficient (Wildman–Crippen LogP) is 2.68. The van der Waals surface area contributed by atoms with Crippen LogP contribution in [0.25, 0.3) is 0 Å². The molecule has 2 aromatic carbocycles. The number of ether oxygens (including phenoxy) is 1. The molecule has 1 heterocycles. The van der Waals surface area contributed by atoms with Gasteiger partial charge in [0.15, 0.2) is 0 Å². The van der Waals surface area contributed by atoms with Gasteiger partial charge in [-0.3, -0.25) is 4.79 Å². The highest BCUT2D eigenvalue weighted by molar-refractivity contribution is 5.77. The number of aliphatic hydroxyl groups excluding tert-OH is 1. The zero-order valence-corrected chi connectivity index (χ0v) is 14.9. The van der Waals surface area contributed by atoms with Crippen LogP contribution in [0.4, 0.5) is 0 Å². The van der Waals surface area contributed by atoms with Gasteiger partial charge in [0, 0.05) is 18.5 Å². The molecule has 0 radical (unpaired) electrons. The Hall–Kier alpha value is -2.17. The molecule has 2 aromatic rings. The Balaban J connectivity index is 1.33. The van der Waals surface area contributed by atoms with Crippen molar-refractivity contribution in [2.75, 3.05) is 19.7 Å². The maximum absolute atomic E-state index is 12.5. The molecule has 4 nitrogen and oxygen atoms in total. The second-order valence-electron chi connectivity index (χ2n) is 7.39. The minimum atomic E-state index is -0.341. The summed E-state index contributed by atoms with van der Waals surface area (Å²) in [5, 5.41) is 10.7. The number of rotatable bonds is 4. The standard InChI is InChI=1S/C22H25NO3/c24-20-14-18-8-4-5-9-19(18)22(20)10-12-23(13-11-22)21(25)16-26-15-17-6-2-1-3-7-17/h1-9,20,24H,10-16H2/t20-/m1/s1. The van der Waals surface area contributed by atoms with Crippen LogP contribution in [0.5, 0.6) is 0 Å². The van der Waals surface area contributed by atoms with Gasteiger partial charge in [-0.2, -0.15) is 0 Å². The summed E-state index contributed by atoms with van der Waals surface area (Å²) < 4.78 is 5.59. The van der Waals surface area contributed by atoms with Gasteiger partial charge >= 0.3 is 0 Å². The lowest BCUT2D eigenvalue weighted by Crippen LogP contribution is -2.49. The average Bonchev–Trinajstić information content (AvgIpc) is 2.95. The largest absolute Gasteiger partial charge is 0.392 e. The highest BCUT2D eigenvalue weighted by Gasteiger charge is 2.47. The normalized spacial score (nSPS) is 21.0. The van der Waals surface area contributed by atoms with Gasteiger partial charge < -0.3 is 14.7 Å². The molecular weight excluding hydrogens is 326 g/mol. The molecule has 4 heteroatoms. The molecule has 1 spiro atoms. The van der Waals surface area contributed by atoms with Crippen LogP contribution in [0, 0.1) is 0 Å². The molecule has 136 valence electrons. The van der Waals surface area contributed by atoms with Gasteiger partial charge in [-0.05, 0) is 36.0 Å². The van der Waals surface area contributed by atoms with Crippen LogP contribution >= 0.6 is 0 Å². The molecule has 26 heavy (non-hydrogen) atoms. The first kappa shape index (κ1) is 17.3. The van der Waals surface area contributed by atoms with Crippen LogP contribution in [-0.2, 0) is 28.0 Å². The molecule has 0 bridgehead atoms. The average molecular weight is 351 g/mol. The first-order valence-electron chi connectivity index (χ1n) is 9.35. The van der Waals surface area contributed by atoms with Crippen molar-refractivity contribution < 1.29 is 14.6 Å². The van der Waals surface area contributed by atoms with E-state index < -0.39 is 0 Å². The predicted molar refractivity (Wildman–Crippen MR) is 99.7 cm³/mol. The van der Waals surface area contributed by atoms with Crippen molar-refractivity contribution in [2.24, 2.45) is 0 Å². The zero-order chi connectivity index (χ0) is 18.0. The van der Waals surface area contributed by atoms with Crippen LogP contribution in [0.2, 0.25) is 0 Å². The van der Waals surface area contributed by atoms with Crippen molar-refractivity contribution in [1.82, 2.24) is 4.90 Å². The van der Waals surface area contributed by atoms with E-state index in [4.69, 9.17) is 4.74 Å². The Morgan fingerprint density at radius 1 is 1.08 bits per heavy atom. The molecular formula is C22H25NO3. The monoisotopic (exact) mass is 351 g/mol. The van der Waals surface area contributed by atoms with Gasteiger partial charge in [0.05, 0.1) is 12.7 Å².